The van der Waals surface area contributed by atoms with Gasteiger partial charge in [-0.3, -0.25) is 4.79 Å². The summed E-state index contributed by atoms with van der Waals surface area (Å²) >= 11 is 0. The number of ether oxygens (including phenoxy) is 4. The number of carbonyl (C=O) groups is 1. The first-order chi connectivity index (χ1) is 10.7. The zero-order valence-corrected chi connectivity index (χ0v) is 12.3. The Bertz CT molecular complexity index is 582. The van der Waals surface area contributed by atoms with Crippen LogP contribution in [0.1, 0.15) is 36.0 Å². The molecule has 0 unspecified atom stereocenters. The summed E-state index contributed by atoms with van der Waals surface area (Å²) in [5.41, 5.74) is 0.554. The number of fused-ring (bicyclic) bond motifs is 1. The number of carbonyl (C=O) groups excluding carboxylic acids is 1. The van der Waals surface area contributed by atoms with E-state index in [0.717, 1.165) is 25.7 Å². The van der Waals surface area contributed by atoms with E-state index in [1.54, 1.807) is 18.2 Å². The highest BCUT2D eigenvalue weighted by Gasteiger charge is 2.43. The van der Waals surface area contributed by atoms with Crippen LogP contribution in [-0.4, -0.2) is 37.7 Å². The smallest absolute Gasteiger partial charge is 0.251 e. The van der Waals surface area contributed by atoms with E-state index < -0.39 is 0 Å². The van der Waals surface area contributed by atoms with E-state index >= 15 is 0 Å². The van der Waals surface area contributed by atoms with E-state index in [0.29, 0.717) is 30.2 Å². The molecule has 1 aliphatic carbocycles. The van der Waals surface area contributed by atoms with Gasteiger partial charge in [-0.25, -0.2) is 0 Å². The van der Waals surface area contributed by atoms with Crippen LogP contribution in [0.5, 0.6) is 11.5 Å². The van der Waals surface area contributed by atoms with Crippen molar-refractivity contribution in [3.8, 4) is 11.5 Å². The second kappa shape index (κ2) is 5.44. The zero-order chi connectivity index (χ0) is 15.0. The molecule has 1 saturated heterocycles. The van der Waals surface area contributed by atoms with E-state index in [4.69, 9.17) is 18.9 Å². The first-order valence-corrected chi connectivity index (χ1v) is 7.74. The van der Waals surface area contributed by atoms with Crippen LogP contribution in [0.4, 0.5) is 0 Å². The molecule has 2 aliphatic heterocycles. The molecule has 1 saturated carbocycles. The standard InChI is InChI=1S/C16H19NO5/c18-15(11-3-4-13-14(7-11)20-10-19-13)17-8-12-9-21-16(22-12)5-1-2-6-16/h3-4,7,12H,1-2,5-6,8-10H2,(H,17,18)/t12-/m1/s1. The van der Waals surface area contributed by atoms with E-state index in [9.17, 15) is 4.79 Å². The number of amides is 1. The van der Waals surface area contributed by atoms with Gasteiger partial charge in [0.05, 0.1) is 6.61 Å². The van der Waals surface area contributed by atoms with Gasteiger partial charge in [0.2, 0.25) is 6.79 Å². The van der Waals surface area contributed by atoms with Gasteiger partial charge in [0.15, 0.2) is 17.3 Å². The molecular formula is C16H19NO5. The van der Waals surface area contributed by atoms with Crippen LogP contribution in [0.25, 0.3) is 0 Å². The van der Waals surface area contributed by atoms with Crippen LogP contribution in [0.2, 0.25) is 0 Å². The molecule has 6 heteroatoms. The highest BCUT2D eigenvalue weighted by molar-refractivity contribution is 5.94. The van der Waals surface area contributed by atoms with Crippen molar-refractivity contribution in [1.29, 1.82) is 0 Å². The van der Waals surface area contributed by atoms with Gasteiger partial charge in [0.25, 0.3) is 5.91 Å². The average molecular weight is 305 g/mol. The summed E-state index contributed by atoms with van der Waals surface area (Å²) in [5.74, 6) is 0.758. The number of benzene rings is 1. The zero-order valence-electron chi connectivity index (χ0n) is 12.3. The Morgan fingerprint density at radius 1 is 1.23 bits per heavy atom. The highest BCUT2D eigenvalue weighted by Crippen LogP contribution is 2.39. The molecule has 0 radical (unpaired) electrons. The molecule has 1 aromatic carbocycles. The lowest BCUT2D eigenvalue weighted by Gasteiger charge is -2.21. The largest absolute Gasteiger partial charge is 0.454 e. The fourth-order valence-electron chi connectivity index (χ4n) is 3.24. The van der Waals surface area contributed by atoms with Crippen LogP contribution in [0, 0.1) is 0 Å². The first kappa shape index (κ1) is 13.8. The normalized spacial score (nSPS) is 24.8. The maximum absolute atomic E-state index is 12.2. The molecule has 1 atom stereocenters. The molecular weight excluding hydrogens is 286 g/mol. The lowest BCUT2D eigenvalue weighted by atomic mass is 10.2. The van der Waals surface area contributed by atoms with Crippen molar-refractivity contribution in [2.75, 3.05) is 19.9 Å². The van der Waals surface area contributed by atoms with E-state index in [1.165, 1.54) is 0 Å². The molecule has 0 bridgehead atoms. The second-order valence-corrected chi connectivity index (χ2v) is 5.95. The summed E-state index contributed by atoms with van der Waals surface area (Å²) in [6.45, 7) is 1.20. The van der Waals surface area contributed by atoms with Crippen LogP contribution < -0.4 is 14.8 Å². The number of hydrogen-bond donors (Lipinski definition) is 1. The Morgan fingerprint density at radius 3 is 2.91 bits per heavy atom. The van der Waals surface area contributed by atoms with Gasteiger partial charge < -0.3 is 24.3 Å². The lowest BCUT2D eigenvalue weighted by molar-refractivity contribution is -0.161. The lowest BCUT2D eigenvalue weighted by Crippen LogP contribution is -2.35. The fourth-order valence-corrected chi connectivity index (χ4v) is 3.24. The second-order valence-electron chi connectivity index (χ2n) is 5.95. The van der Waals surface area contributed by atoms with Gasteiger partial charge >= 0.3 is 0 Å². The Hall–Kier alpha value is -1.79. The minimum absolute atomic E-state index is 0.0731. The van der Waals surface area contributed by atoms with Gasteiger partial charge in [-0.2, -0.15) is 0 Å². The number of rotatable bonds is 3. The van der Waals surface area contributed by atoms with Crippen LogP contribution in [0.15, 0.2) is 18.2 Å². The van der Waals surface area contributed by atoms with Crippen molar-refractivity contribution in [1.82, 2.24) is 5.32 Å². The Balaban J connectivity index is 1.33. The summed E-state index contributed by atoms with van der Waals surface area (Å²) in [5, 5.41) is 2.90. The van der Waals surface area contributed by atoms with Crippen molar-refractivity contribution >= 4 is 5.91 Å². The monoisotopic (exact) mass is 305 g/mol. The Kier molecular flexibility index (Phi) is 3.43. The third-order valence-electron chi connectivity index (χ3n) is 4.40. The molecule has 1 N–H and O–H groups in total. The Labute approximate surface area is 128 Å². The quantitative estimate of drug-likeness (QED) is 0.923. The first-order valence-electron chi connectivity index (χ1n) is 7.74. The molecule has 118 valence electrons. The summed E-state index contributed by atoms with van der Waals surface area (Å²) in [4.78, 5) is 12.2. The summed E-state index contributed by atoms with van der Waals surface area (Å²) in [7, 11) is 0. The van der Waals surface area contributed by atoms with E-state index in [-0.39, 0.29) is 24.6 Å². The minimum atomic E-state index is -0.381. The van der Waals surface area contributed by atoms with Crippen LogP contribution in [0.3, 0.4) is 0 Å². The summed E-state index contributed by atoms with van der Waals surface area (Å²) < 4.78 is 22.3. The van der Waals surface area contributed by atoms with Crippen molar-refractivity contribution < 1.29 is 23.7 Å². The van der Waals surface area contributed by atoms with Crippen molar-refractivity contribution in [3.05, 3.63) is 23.8 Å². The van der Waals surface area contributed by atoms with Gasteiger partial charge in [-0.1, -0.05) is 0 Å². The van der Waals surface area contributed by atoms with Crippen LogP contribution >= 0.6 is 0 Å². The third kappa shape index (κ3) is 2.53. The third-order valence-corrected chi connectivity index (χ3v) is 4.40. The van der Waals surface area contributed by atoms with Crippen molar-refractivity contribution in [3.63, 3.8) is 0 Å². The molecule has 22 heavy (non-hydrogen) atoms. The molecule has 1 spiro atoms. The molecule has 0 aromatic heterocycles. The molecule has 1 amide bonds. The van der Waals surface area contributed by atoms with Crippen molar-refractivity contribution in [2.24, 2.45) is 0 Å². The summed E-state index contributed by atoms with van der Waals surface area (Å²) in [6, 6.07) is 5.18. The summed E-state index contributed by atoms with van der Waals surface area (Å²) in [6.07, 6.45) is 4.14. The highest BCUT2D eigenvalue weighted by atomic mass is 16.7. The van der Waals surface area contributed by atoms with Gasteiger partial charge in [-0.15, -0.1) is 0 Å². The Morgan fingerprint density at radius 2 is 2.05 bits per heavy atom. The molecule has 2 heterocycles. The van der Waals surface area contributed by atoms with Crippen molar-refractivity contribution in [2.45, 2.75) is 37.6 Å². The number of nitrogens with one attached hydrogen (secondary N) is 1. The maximum atomic E-state index is 12.2. The molecule has 6 nitrogen and oxygen atoms in total. The minimum Gasteiger partial charge on any atom is -0.454 e. The van der Waals surface area contributed by atoms with Gasteiger partial charge in [-0.05, 0) is 31.0 Å². The predicted molar refractivity (Wildman–Crippen MR) is 76.9 cm³/mol. The molecule has 4 rings (SSSR count). The molecule has 1 aromatic rings. The molecule has 2 fully saturated rings. The van der Waals surface area contributed by atoms with Gasteiger partial charge in [0, 0.05) is 24.9 Å². The predicted octanol–water partition coefficient (Wildman–Crippen LogP) is 1.83. The SMILES string of the molecule is O=C(NC[C@@H]1COC2(CCCC2)O1)c1ccc2c(c1)OCO2. The fraction of sp³-hybridized carbons (Fsp3) is 0.562. The number of hydrogen-bond acceptors (Lipinski definition) is 5. The molecule has 3 aliphatic rings. The van der Waals surface area contributed by atoms with Crippen LogP contribution in [-0.2, 0) is 9.47 Å². The topological polar surface area (TPSA) is 66.0 Å². The van der Waals surface area contributed by atoms with E-state index in [2.05, 4.69) is 5.32 Å². The van der Waals surface area contributed by atoms with Gasteiger partial charge in [0.1, 0.15) is 6.10 Å². The average Bonchev–Trinajstić information content (AvgIpc) is 3.26. The van der Waals surface area contributed by atoms with E-state index in [1.807, 2.05) is 0 Å². The maximum Gasteiger partial charge on any atom is 0.251 e.